The van der Waals surface area contributed by atoms with Gasteiger partial charge in [-0.05, 0) is 22.7 Å². The van der Waals surface area contributed by atoms with Gasteiger partial charge in [-0.3, -0.25) is 4.79 Å². The number of nitrogens with zero attached hydrogens (tertiary/aromatic N) is 2. The lowest BCUT2D eigenvalue weighted by Crippen LogP contribution is -2.23. The van der Waals surface area contributed by atoms with Gasteiger partial charge in [-0.2, -0.15) is 0 Å². The van der Waals surface area contributed by atoms with E-state index in [0.29, 0.717) is 12.2 Å². The number of amides is 1. The third-order valence-electron chi connectivity index (χ3n) is 2.25. The number of rotatable bonds is 4. The predicted octanol–water partition coefficient (Wildman–Crippen LogP) is 0.960. The van der Waals surface area contributed by atoms with Crippen LogP contribution in [0.15, 0.2) is 29.6 Å². The van der Waals surface area contributed by atoms with Gasteiger partial charge in [0.05, 0.1) is 6.61 Å². The largest absolute Gasteiger partial charge is 0.392 e. The zero-order valence-electron chi connectivity index (χ0n) is 8.96. The summed E-state index contributed by atoms with van der Waals surface area (Å²) in [7, 11) is 0. The van der Waals surface area contributed by atoms with Gasteiger partial charge in [0, 0.05) is 11.9 Å². The Kier molecular flexibility index (Phi) is 3.79. The normalized spacial score (nSPS) is 10.2. The average molecular weight is 249 g/mol. The molecular weight excluding hydrogens is 238 g/mol. The lowest BCUT2D eigenvalue weighted by molar-refractivity contribution is 0.0946. The second-order valence-electron chi connectivity index (χ2n) is 3.45. The summed E-state index contributed by atoms with van der Waals surface area (Å²) in [6.45, 7) is 0.458. The summed E-state index contributed by atoms with van der Waals surface area (Å²) < 4.78 is 3.62. The third-order valence-corrected chi connectivity index (χ3v) is 2.76. The summed E-state index contributed by atoms with van der Waals surface area (Å²) >= 11 is 1.14. The Hall–Kier alpha value is -1.79. The van der Waals surface area contributed by atoms with Crippen molar-refractivity contribution in [1.82, 2.24) is 14.9 Å². The molecule has 0 fully saturated rings. The molecule has 6 heteroatoms. The highest BCUT2D eigenvalue weighted by atomic mass is 32.1. The topological polar surface area (TPSA) is 75.1 Å². The molecular formula is C11H11N3O2S. The number of nitrogens with one attached hydrogen (secondary N) is 1. The van der Waals surface area contributed by atoms with Crippen LogP contribution in [0.2, 0.25) is 0 Å². The Morgan fingerprint density at radius 3 is 2.59 bits per heavy atom. The van der Waals surface area contributed by atoms with Crippen molar-refractivity contribution < 1.29 is 9.90 Å². The van der Waals surface area contributed by atoms with Crippen molar-refractivity contribution >= 4 is 17.4 Å². The van der Waals surface area contributed by atoms with Crippen molar-refractivity contribution in [2.75, 3.05) is 0 Å². The van der Waals surface area contributed by atoms with E-state index in [1.54, 1.807) is 5.38 Å². The van der Waals surface area contributed by atoms with Crippen LogP contribution < -0.4 is 5.32 Å². The molecule has 2 aromatic rings. The molecule has 88 valence electrons. The van der Waals surface area contributed by atoms with Crippen molar-refractivity contribution in [2.45, 2.75) is 13.2 Å². The Morgan fingerprint density at radius 2 is 2.00 bits per heavy atom. The Morgan fingerprint density at radius 1 is 1.29 bits per heavy atom. The van der Waals surface area contributed by atoms with E-state index in [9.17, 15) is 4.79 Å². The maximum absolute atomic E-state index is 11.6. The molecule has 1 aromatic heterocycles. The van der Waals surface area contributed by atoms with E-state index in [0.717, 1.165) is 22.7 Å². The summed E-state index contributed by atoms with van der Waals surface area (Å²) in [6, 6.07) is 7.38. The molecule has 1 amide bonds. The van der Waals surface area contributed by atoms with Gasteiger partial charge in [0.25, 0.3) is 5.91 Å². The molecule has 0 spiro atoms. The van der Waals surface area contributed by atoms with Crippen molar-refractivity contribution in [3.05, 3.63) is 46.5 Å². The van der Waals surface area contributed by atoms with Gasteiger partial charge in [0.2, 0.25) is 0 Å². The fourth-order valence-electron chi connectivity index (χ4n) is 1.30. The smallest absolute Gasteiger partial charge is 0.273 e. The van der Waals surface area contributed by atoms with Gasteiger partial charge in [-0.25, -0.2) is 0 Å². The second kappa shape index (κ2) is 5.51. The third kappa shape index (κ3) is 3.08. The lowest BCUT2D eigenvalue weighted by atomic mass is 10.1. The zero-order chi connectivity index (χ0) is 12.1. The average Bonchev–Trinajstić information content (AvgIpc) is 2.90. The maximum Gasteiger partial charge on any atom is 0.273 e. The number of benzene rings is 1. The molecule has 0 aliphatic carbocycles. The minimum atomic E-state index is -0.231. The first kappa shape index (κ1) is 11.7. The van der Waals surface area contributed by atoms with Crippen molar-refractivity contribution in [3.63, 3.8) is 0 Å². The number of aromatic nitrogens is 2. The van der Waals surface area contributed by atoms with Crippen LogP contribution in [0.1, 0.15) is 21.6 Å². The lowest BCUT2D eigenvalue weighted by Gasteiger charge is -2.04. The molecule has 0 bridgehead atoms. The monoisotopic (exact) mass is 249 g/mol. The minimum Gasteiger partial charge on any atom is -0.392 e. The number of aliphatic hydroxyl groups excluding tert-OH is 1. The zero-order valence-corrected chi connectivity index (χ0v) is 9.78. The number of hydrogen-bond acceptors (Lipinski definition) is 5. The van der Waals surface area contributed by atoms with E-state index in [1.807, 2.05) is 24.3 Å². The number of aliphatic hydroxyl groups is 1. The summed E-state index contributed by atoms with van der Waals surface area (Å²) in [5.74, 6) is -0.231. The molecule has 0 unspecified atom stereocenters. The molecule has 17 heavy (non-hydrogen) atoms. The molecule has 1 heterocycles. The molecule has 0 aliphatic rings. The van der Waals surface area contributed by atoms with Gasteiger partial charge in [-0.15, -0.1) is 5.10 Å². The van der Waals surface area contributed by atoms with Crippen LogP contribution in [-0.4, -0.2) is 20.6 Å². The molecule has 0 saturated heterocycles. The van der Waals surface area contributed by atoms with E-state index < -0.39 is 0 Å². The van der Waals surface area contributed by atoms with Crippen LogP contribution >= 0.6 is 11.5 Å². The fourth-order valence-corrected chi connectivity index (χ4v) is 1.74. The first-order valence-electron chi connectivity index (χ1n) is 5.03. The fraction of sp³-hybridized carbons (Fsp3) is 0.182. The van der Waals surface area contributed by atoms with Crippen LogP contribution in [0.3, 0.4) is 0 Å². The number of carbonyl (C=O) groups is 1. The molecule has 0 aliphatic heterocycles. The van der Waals surface area contributed by atoms with Crippen LogP contribution in [0.25, 0.3) is 0 Å². The van der Waals surface area contributed by atoms with E-state index in [2.05, 4.69) is 14.9 Å². The first-order valence-corrected chi connectivity index (χ1v) is 5.87. The summed E-state index contributed by atoms with van der Waals surface area (Å²) in [5.41, 5.74) is 2.16. The van der Waals surface area contributed by atoms with Gasteiger partial charge < -0.3 is 10.4 Å². The van der Waals surface area contributed by atoms with Gasteiger partial charge >= 0.3 is 0 Å². The van der Waals surface area contributed by atoms with Crippen molar-refractivity contribution in [3.8, 4) is 0 Å². The molecule has 0 atom stereocenters. The highest BCUT2D eigenvalue weighted by Crippen LogP contribution is 2.04. The van der Waals surface area contributed by atoms with E-state index in [1.165, 1.54) is 0 Å². The van der Waals surface area contributed by atoms with Gasteiger partial charge in [0.15, 0.2) is 5.69 Å². The van der Waals surface area contributed by atoms with Crippen molar-refractivity contribution in [2.24, 2.45) is 0 Å². The molecule has 1 aromatic carbocycles. The molecule has 2 rings (SSSR count). The minimum absolute atomic E-state index is 0.0249. The van der Waals surface area contributed by atoms with E-state index in [4.69, 9.17) is 5.11 Å². The molecule has 2 N–H and O–H groups in total. The van der Waals surface area contributed by atoms with E-state index in [-0.39, 0.29) is 12.5 Å². The molecule has 0 saturated carbocycles. The maximum atomic E-state index is 11.6. The first-order chi connectivity index (χ1) is 8.29. The highest BCUT2D eigenvalue weighted by molar-refractivity contribution is 7.03. The summed E-state index contributed by atoms with van der Waals surface area (Å²) in [6.07, 6.45) is 0. The highest BCUT2D eigenvalue weighted by Gasteiger charge is 2.07. The molecule has 0 radical (unpaired) electrons. The number of hydrogen-bond donors (Lipinski definition) is 2. The van der Waals surface area contributed by atoms with Gasteiger partial charge in [0.1, 0.15) is 0 Å². The number of carbonyl (C=O) groups excluding carboxylic acids is 1. The summed E-state index contributed by atoms with van der Waals surface area (Å²) in [4.78, 5) is 11.6. The predicted molar refractivity (Wildman–Crippen MR) is 63.4 cm³/mol. The second-order valence-corrected chi connectivity index (χ2v) is 4.06. The van der Waals surface area contributed by atoms with Crippen molar-refractivity contribution in [1.29, 1.82) is 0 Å². The SMILES string of the molecule is O=C(NCc1ccc(CO)cc1)c1csnn1. The Balaban J connectivity index is 1.91. The van der Waals surface area contributed by atoms with Crippen LogP contribution in [0.4, 0.5) is 0 Å². The van der Waals surface area contributed by atoms with Crippen LogP contribution in [-0.2, 0) is 13.2 Å². The van der Waals surface area contributed by atoms with Crippen LogP contribution in [0, 0.1) is 0 Å². The van der Waals surface area contributed by atoms with Crippen LogP contribution in [0.5, 0.6) is 0 Å². The Bertz CT molecular complexity index is 482. The van der Waals surface area contributed by atoms with Gasteiger partial charge in [-0.1, -0.05) is 28.8 Å². The Labute approximate surface area is 102 Å². The van der Waals surface area contributed by atoms with E-state index >= 15 is 0 Å². The standard InChI is InChI=1S/C11H11N3O2S/c15-6-9-3-1-8(2-4-9)5-12-11(16)10-7-17-14-13-10/h1-4,7,15H,5-6H2,(H,12,16). The summed E-state index contributed by atoms with van der Waals surface area (Å²) in [5, 5.41) is 16.9. The molecule has 5 nitrogen and oxygen atoms in total. The quantitative estimate of drug-likeness (QED) is 0.846.